The molecular weight excluding hydrogens is 426 g/mol. The molecule has 0 bridgehead atoms. The van der Waals surface area contributed by atoms with Crippen molar-refractivity contribution in [1.82, 2.24) is 16.0 Å². The van der Waals surface area contributed by atoms with Crippen LogP contribution in [-0.4, -0.2) is 36.9 Å². The van der Waals surface area contributed by atoms with Crippen LogP contribution in [0, 0.1) is 0 Å². The van der Waals surface area contributed by atoms with E-state index in [-0.39, 0.29) is 30.6 Å². The van der Waals surface area contributed by atoms with Crippen molar-refractivity contribution < 1.29 is 14.4 Å². The summed E-state index contributed by atoms with van der Waals surface area (Å²) >= 11 is 0. The van der Waals surface area contributed by atoms with Gasteiger partial charge in [0.15, 0.2) is 0 Å². The number of unbranched alkanes of at least 4 members (excludes halogenated alkanes) is 11. The number of amides is 3. The van der Waals surface area contributed by atoms with E-state index >= 15 is 0 Å². The number of allylic oxidation sites excluding steroid dienone is 1. The molecule has 0 saturated carbocycles. The zero-order valence-electron chi connectivity index (χ0n) is 22.4. The van der Waals surface area contributed by atoms with Gasteiger partial charge >= 0.3 is 0 Å². The Kier molecular flexibility index (Phi) is 23.0. The van der Waals surface area contributed by atoms with Gasteiger partial charge in [0.1, 0.15) is 6.04 Å². The molecule has 0 saturated heterocycles. The first-order valence-electron chi connectivity index (χ1n) is 14.0. The molecule has 1 atom stereocenters. The van der Waals surface area contributed by atoms with Gasteiger partial charge in [-0.1, -0.05) is 97.1 Å². The van der Waals surface area contributed by atoms with Gasteiger partial charge in [-0.05, 0) is 32.1 Å². The number of carbonyl (C=O) groups excluding carboxylic acids is 3. The topological polar surface area (TPSA) is 87.3 Å². The first-order chi connectivity index (χ1) is 16.5. The van der Waals surface area contributed by atoms with Gasteiger partial charge in [-0.25, -0.2) is 0 Å². The van der Waals surface area contributed by atoms with Gasteiger partial charge in [0.25, 0.3) is 0 Å². The Morgan fingerprint density at radius 3 is 1.82 bits per heavy atom. The zero-order chi connectivity index (χ0) is 25.3. The van der Waals surface area contributed by atoms with Crippen LogP contribution in [-0.2, 0) is 14.4 Å². The lowest BCUT2D eigenvalue weighted by Gasteiger charge is -2.18. The predicted molar refractivity (Wildman–Crippen MR) is 143 cm³/mol. The van der Waals surface area contributed by atoms with Crippen molar-refractivity contribution in [2.24, 2.45) is 0 Å². The Morgan fingerprint density at radius 1 is 0.647 bits per heavy atom. The molecule has 0 unspecified atom stereocenters. The number of rotatable bonds is 23. The number of nitrogens with one attached hydrogen (secondary N) is 3. The number of carbonyl (C=O) groups is 3. The molecule has 6 nitrogen and oxygen atoms in total. The Morgan fingerprint density at radius 2 is 1.21 bits per heavy atom. The third kappa shape index (κ3) is 20.7. The SMILES string of the molecule is CCCCCCCCCCC/C=C/CC(=O)N[C@@H](CCC(=O)NCCCC)C(=O)NCCCC. The second-order valence-corrected chi connectivity index (χ2v) is 9.30. The van der Waals surface area contributed by atoms with Gasteiger partial charge in [0, 0.05) is 25.9 Å². The average Bonchev–Trinajstić information content (AvgIpc) is 2.82. The average molecular weight is 480 g/mol. The summed E-state index contributed by atoms with van der Waals surface area (Å²) in [5.74, 6) is -0.456. The summed E-state index contributed by atoms with van der Waals surface area (Å²) in [7, 11) is 0. The van der Waals surface area contributed by atoms with E-state index in [1.165, 1.54) is 51.4 Å². The summed E-state index contributed by atoms with van der Waals surface area (Å²) in [4.78, 5) is 36.9. The maximum absolute atomic E-state index is 12.5. The van der Waals surface area contributed by atoms with E-state index in [1.807, 2.05) is 6.08 Å². The van der Waals surface area contributed by atoms with Gasteiger partial charge in [-0.3, -0.25) is 14.4 Å². The van der Waals surface area contributed by atoms with Gasteiger partial charge < -0.3 is 16.0 Å². The van der Waals surface area contributed by atoms with Crippen LogP contribution >= 0.6 is 0 Å². The Bertz CT molecular complexity index is 549. The summed E-state index contributed by atoms with van der Waals surface area (Å²) in [6.07, 6.45) is 21.3. The lowest BCUT2D eigenvalue weighted by molar-refractivity contribution is -0.129. The van der Waals surface area contributed by atoms with Crippen molar-refractivity contribution in [1.29, 1.82) is 0 Å². The van der Waals surface area contributed by atoms with E-state index in [1.54, 1.807) is 0 Å². The molecular formula is C28H53N3O3. The van der Waals surface area contributed by atoms with Crippen molar-refractivity contribution in [3.63, 3.8) is 0 Å². The number of hydrogen-bond donors (Lipinski definition) is 3. The van der Waals surface area contributed by atoms with Crippen LogP contribution in [0.1, 0.15) is 130 Å². The van der Waals surface area contributed by atoms with Crippen molar-refractivity contribution in [3.05, 3.63) is 12.2 Å². The van der Waals surface area contributed by atoms with E-state index in [2.05, 4.69) is 42.8 Å². The fourth-order valence-electron chi connectivity index (χ4n) is 3.68. The van der Waals surface area contributed by atoms with Crippen molar-refractivity contribution in [3.8, 4) is 0 Å². The molecule has 0 fully saturated rings. The molecule has 0 spiro atoms. The summed E-state index contributed by atoms with van der Waals surface area (Å²) < 4.78 is 0. The molecule has 34 heavy (non-hydrogen) atoms. The monoisotopic (exact) mass is 479 g/mol. The quantitative estimate of drug-likeness (QED) is 0.125. The molecule has 0 aromatic rings. The van der Waals surface area contributed by atoms with Gasteiger partial charge in [0.05, 0.1) is 0 Å². The van der Waals surface area contributed by atoms with E-state index in [9.17, 15) is 14.4 Å². The van der Waals surface area contributed by atoms with Crippen LogP contribution in [0.15, 0.2) is 12.2 Å². The van der Waals surface area contributed by atoms with Crippen LogP contribution in [0.3, 0.4) is 0 Å². The fraction of sp³-hybridized carbons (Fsp3) is 0.821. The summed E-state index contributed by atoms with van der Waals surface area (Å²) in [5, 5.41) is 8.57. The van der Waals surface area contributed by atoms with Gasteiger partial charge in [-0.15, -0.1) is 0 Å². The maximum atomic E-state index is 12.5. The molecule has 3 amide bonds. The van der Waals surface area contributed by atoms with E-state index in [0.717, 1.165) is 38.5 Å². The molecule has 6 heteroatoms. The van der Waals surface area contributed by atoms with Gasteiger partial charge in [0.2, 0.25) is 17.7 Å². The second kappa shape index (κ2) is 24.3. The molecule has 0 aromatic carbocycles. The van der Waals surface area contributed by atoms with Crippen molar-refractivity contribution >= 4 is 17.7 Å². The zero-order valence-corrected chi connectivity index (χ0v) is 22.4. The molecule has 0 rings (SSSR count). The van der Waals surface area contributed by atoms with E-state index in [0.29, 0.717) is 19.5 Å². The highest BCUT2D eigenvalue weighted by Crippen LogP contribution is 2.10. The Balaban J connectivity index is 4.21. The maximum Gasteiger partial charge on any atom is 0.242 e. The molecule has 0 heterocycles. The third-order valence-corrected chi connectivity index (χ3v) is 5.94. The highest BCUT2D eigenvalue weighted by molar-refractivity contribution is 5.88. The normalized spacial score (nSPS) is 12.0. The third-order valence-electron chi connectivity index (χ3n) is 5.94. The fourth-order valence-corrected chi connectivity index (χ4v) is 3.68. The minimum Gasteiger partial charge on any atom is -0.356 e. The standard InChI is InChI=1S/C28H53N3O3/c1-4-7-10-11-12-13-14-15-16-17-18-19-20-27(33)31-25(28(34)30-24-9-6-3)21-22-26(32)29-23-8-5-2/h18-19,25H,4-17,20-24H2,1-3H3,(H,29,32)(H,30,34)(H,31,33)/b19-18+/t25-/m0/s1. The highest BCUT2D eigenvalue weighted by atomic mass is 16.2. The van der Waals surface area contributed by atoms with Crippen LogP contribution in [0.25, 0.3) is 0 Å². The lowest BCUT2D eigenvalue weighted by Crippen LogP contribution is -2.47. The molecule has 0 radical (unpaired) electrons. The first-order valence-corrected chi connectivity index (χ1v) is 14.0. The minimum atomic E-state index is -0.674. The molecule has 0 aliphatic rings. The first kappa shape index (κ1) is 32.1. The van der Waals surface area contributed by atoms with Crippen molar-refractivity contribution in [2.75, 3.05) is 13.1 Å². The van der Waals surface area contributed by atoms with E-state index in [4.69, 9.17) is 0 Å². The molecule has 198 valence electrons. The summed E-state index contributed by atoms with van der Waals surface area (Å²) in [6, 6.07) is -0.674. The second-order valence-electron chi connectivity index (χ2n) is 9.30. The van der Waals surface area contributed by atoms with Crippen molar-refractivity contribution in [2.45, 2.75) is 136 Å². The van der Waals surface area contributed by atoms with E-state index < -0.39 is 6.04 Å². The predicted octanol–water partition coefficient (Wildman–Crippen LogP) is 5.95. The largest absolute Gasteiger partial charge is 0.356 e. The highest BCUT2D eigenvalue weighted by Gasteiger charge is 2.21. The minimum absolute atomic E-state index is 0.0742. The summed E-state index contributed by atoms with van der Waals surface area (Å²) in [5.41, 5.74) is 0. The Hall–Kier alpha value is -1.85. The van der Waals surface area contributed by atoms with Crippen LogP contribution in [0.5, 0.6) is 0 Å². The molecule has 0 aliphatic carbocycles. The van der Waals surface area contributed by atoms with Crippen LogP contribution in [0.2, 0.25) is 0 Å². The summed E-state index contributed by atoms with van der Waals surface area (Å²) in [6.45, 7) is 7.62. The Labute approximate surface area is 209 Å². The van der Waals surface area contributed by atoms with Crippen LogP contribution < -0.4 is 16.0 Å². The smallest absolute Gasteiger partial charge is 0.242 e. The van der Waals surface area contributed by atoms with Crippen LogP contribution in [0.4, 0.5) is 0 Å². The lowest BCUT2D eigenvalue weighted by atomic mass is 10.1. The molecule has 0 aliphatic heterocycles. The number of hydrogen-bond acceptors (Lipinski definition) is 3. The molecule has 0 aromatic heterocycles. The molecule has 3 N–H and O–H groups in total. The van der Waals surface area contributed by atoms with Gasteiger partial charge in [-0.2, -0.15) is 0 Å².